The normalized spacial score (nSPS) is 18.9. The lowest BCUT2D eigenvalue weighted by Gasteiger charge is -2.21. The first-order valence-corrected chi connectivity index (χ1v) is 3.65. The Balaban J connectivity index is 2.98. The van der Waals surface area contributed by atoms with E-state index >= 15 is 0 Å². The Morgan fingerprint density at radius 3 is 2.46 bits per heavy atom. The molecule has 13 heavy (non-hydrogen) atoms. The minimum absolute atomic E-state index is 0.00449. The molecule has 1 aliphatic rings. The van der Waals surface area contributed by atoms with Crippen molar-refractivity contribution in [2.45, 2.75) is 19.0 Å². The summed E-state index contributed by atoms with van der Waals surface area (Å²) in [4.78, 5) is 10.7. The van der Waals surface area contributed by atoms with Gasteiger partial charge < -0.3 is 10.4 Å². The molecule has 1 rings (SSSR count). The van der Waals surface area contributed by atoms with Crippen molar-refractivity contribution < 1.29 is 23.1 Å². The molecular weight excluding hydrogens is 187 g/mol. The number of rotatable bonds is 1. The van der Waals surface area contributed by atoms with E-state index in [2.05, 4.69) is 0 Å². The van der Waals surface area contributed by atoms with E-state index in [9.17, 15) is 18.0 Å². The highest BCUT2D eigenvalue weighted by molar-refractivity contribution is 5.79. The summed E-state index contributed by atoms with van der Waals surface area (Å²) in [6, 6.07) is 0. The van der Waals surface area contributed by atoms with Crippen LogP contribution >= 0.6 is 0 Å². The van der Waals surface area contributed by atoms with Gasteiger partial charge in [0.25, 0.3) is 0 Å². The molecule has 0 aromatic carbocycles. The molecule has 0 aliphatic carbocycles. The lowest BCUT2D eigenvalue weighted by atomic mass is 10.0. The highest BCUT2D eigenvalue weighted by Crippen LogP contribution is 2.29. The van der Waals surface area contributed by atoms with Gasteiger partial charge in [-0.25, -0.2) is 0 Å². The molecule has 0 saturated carbocycles. The van der Waals surface area contributed by atoms with Gasteiger partial charge in [-0.05, 0) is 12.0 Å². The fourth-order valence-corrected chi connectivity index (χ4v) is 1.11. The van der Waals surface area contributed by atoms with Gasteiger partial charge in [-0.1, -0.05) is 0 Å². The van der Waals surface area contributed by atoms with Gasteiger partial charge in [0.05, 0.1) is 6.61 Å². The standard InChI is InChI=1S/C7H8F3NO2/c8-7(9,10)6-4(3-12)1-2-5(13)11-6/h12H,1-3H2,(H,11,13). The Bertz CT molecular complexity index is 257. The molecule has 0 bridgehead atoms. The minimum Gasteiger partial charge on any atom is -0.392 e. The van der Waals surface area contributed by atoms with E-state index in [-0.39, 0.29) is 18.4 Å². The topological polar surface area (TPSA) is 49.3 Å². The average molecular weight is 195 g/mol. The predicted octanol–water partition coefficient (Wildman–Crippen LogP) is 0.705. The average Bonchev–Trinajstić information content (AvgIpc) is 2.03. The number of aliphatic hydroxyl groups excluding tert-OH is 1. The van der Waals surface area contributed by atoms with Gasteiger partial charge in [0.2, 0.25) is 5.91 Å². The molecule has 1 amide bonds. The van der Waals surface area contributed by atoms with Gasteiger partial charge in [0, 0.05) is 6.42 Å². The lowest BCUT2D eigenvalue weighted by molar-refractivity contribution is -0.128. The lowest BCUT2D eigenvalue weighted by Crippen LogP contribution is -2.36. The number of nitrogens with one attached hydrogen (secondary N) is 1. The molecule has 0 saturated heterocycles. The molecule has 1 heterocycles. The summed E-state index contributed by atoms with van der Waals surface area (Å²) in [5.74, 6) is -0.662. The van der Waals surface area contributed by atoms with Gasteiger partial charge in [0.15, 0.2) is 0 Å². The third-order valence-electron chi connectivity index (χ3n) is 1.75. The number of hydrogen-bond donors (Lipinski definition) is 2. The van der Waals surface area contributed by atoms with Crippen LogP contribution in [0.2, 0.25) is 0 Å². The monoisotopic (exact) mass is 195 g/mol. The largest absolute Gasteiger partial charge is 0.431 e. The third kappa shape index (κ3) is 2.21. The van der Waals surface area contributed by atoms with E-state index in [0.29, 0.717) is 0 Å². The van der Waals surface area contributed by atoms with Gasteiger partial charge in [-0.15, -0.1) is 0 Å². The zero-order valence-corrected chi connectivity index (χ0v) is 6.61. The van der Waals surface area contributed by atoms with Crippen molar-refractivity contribution in [1.82, 2.24) is 5.32 Å². The van der Waals surface area contributed by atoms with Gasteiger partial charge in [-0.3, -0.25) is 4.79 Å². The van der Waals surface area contributed by atoms with Crippen molar-refractivity contribution in [2.75, 3.05) is 6.61 Å². The van der Waals surface area contributed by atoms with Crippen molar-refractivity contribution in [3.05, 3.63) is 11.3 Å². The van der Waals surface area contributed by atoms with Crippen LogP contribution in [0.15, 0.2) is 11.3 Å². The van der Waals surface area contributed by atoms with Crippen LogP contribution in [0, 0.1) is 0 Å². The second-order valence-electron chi connectivity index (χ2n) is 2.68. The molecule has 0 aromatic rings. The Kier molecular flexibility index (Phi) is 2.60. The number of carbonyl (C=O) groups is 1. The maximum atomic E-state index is 12.2. The molecule has 1 aliphatic heterocycles. The van der Waals surface area contributed by atoms with Crippen molar-refractivity contribution in [2.24, 2.45) is 0 Å². The Labute approximate surface area is 72.2 Å². The molecule has 0 atom stereocenters. The number of allylic oxidation sites excluding steroid dienone is 1. The summed E-state index contributed by atoms with van der Waals surface area (Å²) >= 11 is 0. The molecule has 3 nitrogen and oxygen atoms in total. The Morgan fingerprint density at radius 2 is 2.00 bits per heavy atom. The summed E-state index contributed by atoms with van der Waals surface area (Å²) in [6.07, 6.45) is -4.62. The van der Waals surface area contributed by atoms with Gasteiger partial charge >= 0.3 is 6.18 Å². The van der Waals surface area contributed by atoms with Crippen LogP contribution in [0.1, 0.15) is 12.8 Å². The highest BCUT2D eigenvalue weighted by atomic mass is 19.4. The van der Waals surface area contributed by atoms with Crippen LogP contribution in [-0.4, -0.2) is 23.8 Å². The molecule has 0 spiro atoms. The minimum atomic E-state index is -4.59. The second kappa shape index (κ2) is 3.37. The number of alkyl halides is 3. The summed E-state index contributed by atoms with van der Waals surface area (Å²) in [6.45, 7) is -0.672. The fraction of sp³-hybridized carbons (Fsp3) is 0.571. The second-order valence-corrected chi connectivity index (χ2v) is 2.68. The van der Waals surface area contributed by atoms with Crippen LogP contribution in [0.5, 0.6) is 0 Å². The van der Waals surface area contributed by atoms with E-state index in [1.54, 1.807) is 5.32 Å². The van der Waals surface area contributed by atoms with E-state index in [4.69, 9.17) is 5.11 Å². The van der Waals surface area contributed by atoms with E-state index in [1.807, 2.05) is 0 Å². The predicted molar refractivity (Wildman–Crippen MR) is 37.5 cm³/mol. The number of halogens is 3. The van der Waals surface area contributed by atoms with Gasteiger partial charge in [0.1, 0.15) is 5.70 Å². The zero-order valence-electron chi connectivity index (χ0n) is 6.61. The number of amides is 1. The first kappa shape index (κ1) is 10.0. The van der Waals surface area contributed by atoms with Crippen molar-refractivity contribution in [3.63, 3.8) is 0 Å². The summed E-state index contributed by atoms with van der Waals surface area (Å²) < 4.78 is 36.5. The number of carbonyl (C=O) groups excluding carboxylic acids is 1. The zero-order chi connectivity index (χ0) is 10.1. The van der Waals surface area contributed by atoms with Crippen LogP contribution < -0.4 is 5.32 Å². The smallest absolute Gasteiger partial charge is 0.392 e. The SMILES string of the molecule is O=C1CCC(CO)=C(C(F)(F)F)N1. The van der Waals surface area contributed by atoms with Crippen LogP contribution in [-0.2, 0) is 4.79 Å². The number of hydrogen-bond acceptors (Lipinski definition) is 2. The molecule has 0 fully saturated rings. The van der Waals surface area contributed by atoms with Crippen LogP contribution in [0.25, 0.3) is 0 Å². The molecule has 74 valence electrons. The van der Waals surface area contributed by atoms with E-state index in [1.165, 1.54) is 0 Å². The molecule has 6 heteroatoms. The summed E-state index contributed by atoms with van der Waals surface area (Å²) in [5.41, 5.74) is -1.27. The van der Waals surface area contributed by atoms with Crippen LogP contribution in [0.3, 0.4) is 0 Å². The van der Waals surface area contributed by atoms with E-state index < -0.39 is 24.4 Å². The first-order chi connectivity index (χ1) is 5.95. The third-order valence-corrected chi connectivity index (χ3v) is 1.75. The van der Waals surface area contributed by atoms with Crippen molar-refractivity contribution >= 4 is 5.91 Å². The van der Waals surface area contributed by atoms with Crippen LogP contribution in [0.4, 0.5) is 13.2 Å². The fourth-order valence-electron chi connectivity index (χ4n) is 1.11. The molecular formula is C7H8F3NO2. The number of aliphatic hydroxyl groups is 1. The first-order valence-electron chi connectivity index (χ1n) is 3.65. The Morgan fingerprint density at radius 1 is 1.38 bits per heavy atom. The maximum absolute atomic E-state index is 12.2. The molecule has 0 aromatic heterocycles. The van der Waals surface area contributed by atoms with E-state index in [0.717, 1.165) is 0 Å². The van der Waals surface area contributed by atoms with Gasteiger partial charge in [-0.2, -0.15) is 13.2 Å². The molecule has 0 radical (unpaired) electrons. The Hall–Kier alpha value is -1.04. The quantitative estimate of drug-likeness (QED) is 0.647. The molecule has 2 N–H and O–H groups in total. The summed E-state index contributed by atoms with van der Waals surface area (Å²) in [5, 5.41) is 10.3. The molecule has 0 unspecified atom stereocenters. The van der Waals surface area contributed by atoms with Crippen molar-refractivity contribution in [3.8, 4) is 0 Å². The maximum Gasteiger partial charge on any atom is 0.431 e. The summed E-state index contributed by atoms with van der Waals surface area (Å²) in [7, 11) is 0. The van der Waals surface area contributed by atoms with Crippen molar-refractivity contribution in [1.29, 1.82) is 0 Å². The highest BCUT2D eigenvalue weighted by Gasteiger charge is 2.39.